The number of ether oxygens (including phenoxy) is 2. The van der Waals surface area contributed by atoms with Gasteiger partial charge in [0.05, 0.1) is 0 Å². The van der Waals surface area contributed by atoms with Gasteiger partial charge in [0.15, 0.2) is 0 Å². The molecule has 0 radical (unpaired) electrons. The molecule has 1 aliphatic rings. The van der Waals surface area contributed by atoms with E-state index >= 15 is 0 Å². The summed E-state index contributed by atoms with van der Waals surface area (Å²) < 4.78 is 74.4. The van der Waals surface area contributed by atoms with Crippen LogP contribution in [0.25, 0.3) is 0 Å². The van der Waals surface area contributed by atoms with Crippen molar-refractivity contribution in [2.45, 2.75) is 50.5 Å². The third-order valence-corrected chi connectivity index (χ3v) is 3.20. The van der Waals surface area contributed by atoms with Gasteiger partial charge in [-0.2, -0.15) is 22.0 Å². The van der Waals surface area contributed by atoms with Crippen LogP contribution in [0.2, 0.25) is 0 Å². The van der Waals surface area contributed by atoms with Crippen LogP contribution in [0.15, 0.2) is 0 Å². The summed E-state index contributed by atoms with van der Waals surface area (Å²) in [6.07, 6.45) is -5.40. The SMILES string of the molecule is CCC1(C)OCOC(C)(C(F)(F)F)C1(F)F. The average Bonchev–Trinajstić information content (AvgIpc) is 2.13. The Balaban J connectivity index is 3.23. The molecule has 0 aromatic carbocycles. The van der Waals surface area contributed by atoms with Gasteiger partial charge < -0.3 is 9.47 Å². The van der Waals surface area contributed by atoms with Gasteiger partial charge in [0.1, 0.15) is 12.4 Å². The lowest BCUT2D eigenvalue weighted by molar-refractivity contribution is -0.433. The fourth-order valence-electron chi connectivity index (χ4n) is 1.55. The van der Waals surface area contributed by atoms with Crippen molar-refractivity contribution < 1.29 is 31.4 Å². The fourth-order valence-corrected chi connectivity index (χ4v) is 1.55. The van der Waals surface area contributed by atoms with Gasteiger partial charge in [-0.1, -0.05) is 6.92 Å². The van der Waals surface area contributed by atoms with Crippen LogP contribution >= 0.6 is 0 Å². The van der Waals surface area contributed by atoms with Crippen LogP contribution in [0.1, 0.15) is 27.2 Å². The van der Waals surface area contributed by atoms with Crippen molar-refractivity contribution in [2.24, 2.45) is 0 Å². The van der Waals surface area contributed by atoms with E-state index < -0.39 is 30.1 Å². The van der Waals surface area contributed by atoms with Gasteiger partial charge in [-0.3, -0.25) is 0 Å². The van der Waals surface area contributed by atoms with Crippen LogP contribution in [0.5, 0.6) is 0 Å². The third-order valence-electron chi connectivity index (χ3n) is 3.20. The van der Waals surface area contributed by atoms with Crippen LogP contribution in [-0.2, 0) is 9.47 Å². The Hall–Kier alpha value is -0.430. The first kappa shape index (κ1) is 13.6. The van der Waals surface area contributed by atoms with E-state index in [0.29, 0.717) is 6.92 Å². The zero-order valence-electron chi connectivity index (χ0n) is 9.12. The van der Waals surface area contributed by atoms with Crippen molar-refractivity contribution in [1.82, 2.24) is 0 Å². The minimum atomic E-state index is -5.16. The van der Waals surface area contributed by atoms with Crippen molar-refractivity contribution in [3.8, 4) is 0 Å². The Morgan fingerprint density at radius 3 is 2.00 bits per heavy atom. The topological polar surface area (TPSA) is 18.5 Å². The van der Waals surface area contributed by atoms with E-state index in [2.05, 4.69) is 9.47 Å². The van der Waals surface area contributed by atoms with Crippen LogP contribution in [-0.4, -0.2) is 30.1 Å². The highest BCUT2D eigenvalue weighted by Crippen LogP contribution is 2.54. The molecular weight excluding hydrogens is 235 g/mol. The van der Waals surface area contributed by atoms with Gasteiger partial charge >= 0.3 is 12.1 Å². The molecule has 0 saturated carbocycles. The van der Waals surface area contributed by atoms with Crippen LogP contribution in [0.4, 0.5) is 22.0 Å². The molecule has 2 atom stereocenters. The highest BCUT2D eigenvalue weighted by Gasteiger charge is 2.76. The van der Waals surface area contributed by atoms with Crippen LogP contribution < -0.4 is 0 Å². The minimum Gasteiger partial charge on any atom is -0.343 e. The standard InChI is InChI=1S/C9H13F5O2/c1-4-6(2)8(10,11)7(3,9(12,13)14)16-5-15-6/h4-5H2,1-3H3. The zero-order valence-corrected chi connectivity index (χ0v) is 9.12. The second kappa shape index (κ2) is 3.53. The summed E-state index contributed by atoms with van der Waals surface area (Å²) in [5.41, 5.74) is -5.68. The highest BCUT2D eigenvalue weighted by atomic mass is 19.4. The van der Waals surface area contributed by atoms with E-state index in [1.165, 1.54) is 6.92 Å². The van der Waals surface area contributed by atoms with Gasteiger partial charge in [0, 0.05) is 0 Å². The maximum atomic E-state index is 13.8. The molecule has 0 aromatic heterocycles. The molecule has 16 heavy (non-hydrogen) atoms. The molecule has 1 rings (SSSR count). The number of hydrogen-bond donors (Lipinski definition) is 0. The van der Waals surface area contributed by atoms with E-state index in [0.717, 1.165) is 6.92 Å². The van der Waals surface area contributed by atoms with Crippen molar-refractivity contribution in [1.29, 1.82) is 0 Å². The summed E-state index contributed by atoms with van der Waals surface area (Å²) in [6.45, 7) is 1.86. The Kier molecular flexibility index (Phi) is 3.01. The van der Waals surface area contributed by atoms with E-state index in [9.17, 15) is 22.0 Å². The quantitative estimate of drug-likeness (QED) is 0.664. The maximum Gasteiger partial charge on any atom is 0.423 e. The summed E-state index contributed by atoms with van der Waals surface area (Å²) in [4.78, 5) is 0. The molecular formula is C9H13F5O2. The van der Waals surface area contributed by atoms with Crippen LogP contribution in [0.3, 0.4) is 0 Å². The molecule has 0 amide bonds. The van der Waals surface area contributed by atoms with Crippen LogP contribution in [0, 0.1) is 0 Å². The van der Waals surface area contributed by atoms with Gasteiger partial charge in [-0.05, 0) is 20.3 Å². The first-order valence-corrected chi connectivity index (χ1v) is 4.74. The molecule has 1 aliphatic heterocycles. The summed E-state index contributed by atoms with van der Waals surface area (Å²) in [5.74, 6) is -4.15. The molecule has 0 aromatic rings. The molecule has 1 fully saturated rings. The fraction of sp³-hybridized carbons (Fsp3) is 1.00. The Labute approximate surface area is 89.7 Å². The lowest BCUT2D eigenvalue weighted by Crippen LogP contribution is -2.71. The molecule has 1 saturated heterocycles. The molecule has 2 unspecified atom stereocenters. The van der Waals surface area contributed by atoms with Gasteiger partial charge in [0.2, 0.25) is 5.60 Å². The van der Waals surface area contributed by atoms with Gasteiger partial charge in [-0.25, -0.2) is 0 Å². The molecule has 0 spiro atoms. The van der Waals surface area contributed by atoms with E-state index in [1.807, 2.05) is 0 Å². The smallest absolute Gasteiger partial charge is 0.343 e. The monoisotopic (exact) mass is 248 g/mol. The molecule has 1 heterocycles. The van der Waals surface area contributed by atoms with Crippen molar-refractivity contribution in [3.63, 3.8) is 0 Å². The van der Waals surface area contributed by atoms with E-state index in [-0.39, 0.29) is 6.42 Å². The summed E-state index contributed by atoms with van der Waals surface area (Å²) in [7, 11) is 0. The molecule has 2 nitrogen and oxygen atoms in total. The largest absolute Gasteiger partial charge is 0.423 e. The number of halogens is 5. The summed E-state index contributed by atoms with van der Waals surface area (Å²) >= 11 is 0. The second-order valence-corrected chi connectivity index (χ2v) is 4.10. The zero-order chi connectivity index (χ0) is 12.8. The number of rotatable bonds is 1. The van der Waals surface area contributed by atoms with Gasteiger partial charge in [0.25, 0.3) is 0 Å². The molecule has 7 heteroatoms. The Bertz CT molecular complexity index is 278. The molecule has 0 bridgehead atoms. The minimum absolute atomic E-state index is 0.241. The second-order valence-electron chi connectivity index (χ2n) is 4.10. The highest BCUT2D eigenvalue weighted by molar-refractivity contribution is 5.08. The van der Waals surface area contributed by atoms with E-state index in [4.69, 9.17) is 0 Å². The maximum absolute atomic E-state index is 13.8. The lowest BCUT2D eigenvalue weighted by atomic mass is 9.81. The molecule has 96 valence electrons. The third kappa shape index (κ3) is 1.52. The van der Waals surface area contributed by atoms with Crippen molar-refractivity contribution in [3.05, 3.63) is 0 Å². The lowest BCUT2D eigenvalue weighted by Gasteiger charge is -2.50. The summed E-state index contributed by atoms with van der Waals surface area (Å²) in [5, 5.41) is 0. The molecule has 0 aliphatic carbocycles. The van der Waals surface area contributed by atoms with Gasteiger partial charge in [-0.15, -0.1) is 0 Å². The first-order chi connectivity index (χ1) is 7.02. The molecule has 0 N–H and O–H groups in total. The first-order valence-electron chi connectivity index (χ1n) is 4.74. The van der Waals surface area contributed by atoms with Crippen molar-refractivity contribution in [2.75, 3.05) is 6.79 Å². The number of alkyl halides is 5. The van der Waals surface area contributed by atoms with Crippen molar-refractivity contribution >= 4 is 0 Å². The Morgan fingerprint density at radius 1 is 1.12 bits per heavy atom. The predicted octanol–water partition coefficient (Wildman–Crippen LogP) is 3.12. The Morgan fingerprint density at radius 2 is 1.62 bits per heavy atom. The number of hydrogen-bond acceptors (Lipinski definition) is 2. The summed E-state index contributed by atoms with van der Waals surface area (Å²) in [6, 6.07) is 0. The van der Waals surface area contributed by atoms with E-state index in [1.54, 1.807) is 0 Å². The average molecular weight is 248 g/mol. The normalized spacial score (nSPS) is 39.8. The predicted molar refractivity (Wildman–Crippen MR) is 45.1 cm³/mol.